The maximum absolute atomic E-state index is 10.3. The zero-order valence-electron chi connectivity index (χ0n) is 12.6. The molecule has 22 heavy (non-hydrogen) atoms. The van der Waals surface area contributed by atoms with Gasteiger partial charge in [-0.25, -0.2) is 0 Å². The Morgan fingerprint density at radius 2 is 1.45 bits per heavy atom. The predicted molar refractivity (Wildman–Crippen MR) is 83.3 cm³/mol. The highest BCUT2D eigenvalue weighted by molar-refractivity contribution is 5.74. The molecule has 130 valence electrons. The Bertz CT molecular complexity index is 340. The van der Waals surface area contributed by atoms with Gasteiger partial charge >= 0.3 is 11.9 Å². The van der Waals surface area contributed by atoms with E-state index in [1.54, 1.807) is 0 Å². The van der Waals surface area contributed by atoms with Gasteiger partial charge in [-0.05, 0) is 38.6 Å². The van der Waals surface area contributed by atoms with Gasteiger partial charge in [-0.2, -0.15) is 0 Å². The Balaban J connectivity index is 0. The van der Waals surface area contributed by atoms with Gasteiger partial charge in [0.05, 0.1) is 0 Å². The van der Waals surface area contributed by atoms with Crippen LogP contribution in [-0.4, -0.2) is 53.3 Å². The van der Waals surface area contributed by atoms with Gasteiger partial charge < -0.3 is 38.5 Å². The SMILES string of the molecule is N=C(N)NCCCC[C@H](N)C(=O)O.NCCC[C@H](N)C(=O)O. The molecule has 0 amide bonds. The molecule has 0 heterocycles. The van der Waals surface area contributed by atoms with E-state index in [0.717, 1.165) is 6.42 Å². The molecule has 0 radical (unpaired) electrons. The molecular formula is C12H28N6O4. The minimum absolute atomic E-state index is 0.0671. The largest absolute Gasteiger partial charge is 0.480 e. The van der Waals surface area contributed by atoms with Crippen LogP contribution in [0.1, 0.15) is 32.1 Å². The molecule has 0 saturated heterocycles. The fourth-order valence-corrected chi connectivity index (χ4v) is 1.30. The summed E-state index contributed by atoms with van der Waals surface area (Å²) in [5.41, 5.74) is 20.6. The van der Waals surface area contributed by atoms with Crippen molar-refractivity contribution < 1.29 is 19.8 Å². The monoisotopic (exact) mass is 320 g/mol. The van der Waals surface area contributed by atoms with Crippen molar-refractivity contribution in [3.63, 3.8) is 0 Å². The summed E-state index contributed by atoms with van der Waals surface area (Å²) < 4.78 is 0. The first kappa shape index (κ1) is 22.4. The van der Waals surface area contributed by atoms with Crippen LogP contribution in [0.15, 0.2) is 0 Å². The summed E-state index contributed by atoms with van der Waals surface area (Å²) in [5, 5.41) is 26.1. The molecule has 0 fully saturated rings. The summed E-state index contributed by atoms with van der Waals surface area (Å²) in [6.07, 6.45) is 3.07. The van der Waals surface area contributed by atoms with Crippen LogP contribution in [0.2, 0.25) is 0 Å². The number of carboxylic acid groups (broad SMARTS) is 2. The van der Waals surface area contributed by atoms with Crippen LogP contribution < -0.4 is 28.3 Å². The Morgan fingerprint density at radius 3 is 1.82 bits per heavy atom. The van der Waals surface area contributed by atoms with Crippen molar-refractivity contribution in [2.24, 2.45) is 22.9 Å². The molecule has 2 atom stereocenters. The van der Waals surface area contributed by atoms with Crippen LogP contribution >= 0.6 is 0 Å². The van der Waals surface area contributed by atoms with E-state index in [-0.39, 0.29) is 5.96 Å². The van der Waals surface area contributed by atoms with Crippen molar-refractivity contribution in [2.75, 3.05) is 13.1 Å². The molecule has 0 aliphatic heterocycles. The van der Waals surface area contributed by atoms with E-state index in [2.05, 4.69) is 5.32 Å². The summed E-state index contributed by atoms with van der Waals surface area (Å²) >= 11 is 0. The van der Waals surface area contributed by atoms with Gasteiger partial charge in [-0.3, -0.25) is 15.0 Å². The third-order valence-corrected chi connectivity index (χ3v) is 2.61. The normalized spacial score (nSPS) is 12.5. The summed E-state index contributed by atoms with van der Waals surface area (Å²) in [7, 11) is 0. The van der Waals surface area contributed by atoms with Gasteiger partial charge in [-0.15, -0.1) is 0 Å². The minimum atomic E-state index is -0.973. The summed E-state index contributed by atoms with van der Waals surface area (Å²) in [4.78, 5) is 20.3. The Hall–Kier alpha value is -1.91. The lowest BCUT2D eigenvalue weighted by Crippen LogP contribution is -2.32. The molecule has 10 nitrogen and oxygen atoms in total. The van der Waals surface area contributed by atoms with Gasteiger partial charge in [0, 0.05) is 6.54 Å². The van der Waals surface area contributed by atoms with Gasteiger partial charge in [0.25, 0.3) is 0 Å². The highest BCUT2D eigenvalue weighted by atomic mass is 16.4. The summed E-state index contributed by atoms with van der Waals surface area (Å²) in [5.74, 6) is -1.99. The number of aliphatic carboxylic acids is 2. The molecule has 0 rings (SSSR count). The second-order valence-corrected chi connectivity index (χ2v) is 4.66. The van der Waals surface area contributed by atoms with Crippen LogP contribution in [0.3, 0.4) is 0 Å². The van der Waals surface area contributed by atoms with E-state index >= 15 is 0 Å². The molecule has 0 unspecified atom stereocenters. The first-order valence-electron chi connectivity index (χ1n) is 6.97. The maximum atomic E-state index is 10.3. The average molecular weight is 320 g/mol. The molecule has 0 aromatic carbocycles. The fourth-order valence-electron chi connectivity index (χ4n) is 1.30. The van der Waals surface area contributed by atoms with Crippen molar-refractivity contribution in [3.8, 4) is 0 Å². The molecule has 0 saturated carbocycles. The molecule has 10 heteroatoms. The lowest BCUT2D eigenvalue weighted by atomic mass is 10.1. The lowest BCUT2D eigenvalue weighted by molar-refractivity contribution is -0.139. The van der Waals surface area contributed by atoms with E-state index in [0.29, 0.717) is 38.8 Å². The highest BCUT2D eigenvalue weighted by Gasteiger charge is 2.10. The molecular weight excluding hydrogens is 292 g/mol. The number of hydrogen-bond donors (Lipinski definition) is 8. The maximum Gasteiger partial charge on any atom is 0.320 e. The number of guanidine groups is 1. The van der Waals surface area contributed by atoms with Crippen molar-refractivity contribution in [2.45, 2.75) is 44.2 Å². The van der Waals surface area contributed by atoms with Crippen LogP contribution in [0.25, 0.3) is 0 Å². The van der Waals surface area contributed by atoms with Crippen LogP contribution in [0.5, 0.6) is 0 Å². The second-order valence-electron chi connectivity index (χ2n) is 4.66. The third-order valence-electron chi connectivity index (χ3n) is 2.61. The highest BCUT2D eigenvalue weighted by Crippen LogP contribution is 1.97. The molecule has 0 spiro atoms. The van der Waals surface area contributed by atoms with Gasteiger partial charge in [-0.1, -0.05) is 0 Å². The van der Waals surface area contributed by atoms with E-state index < -0.39 is 24.0 Å². The smallest absolute Gasteiger partial charge is 0.320 e. The van der Waals surface area contributed by atoms with Gasteiger partial charge in [0.1, 0.15) is 12.1 Å². The Kier molecular flexibility index (Phi) is 14.3. The molecule has 12 N–H and O–H groups in total. The third kappa shape index (κ3) is 16.1. The average Bonchev–Trinajstić information content (AvgIpc) is 2.44. The van der Waals surface area contributed by atoms with E-state index in [1.807, 2.05) is 0 Å². The van der Waals surface area contributed by atoms with E-state index in [4.69, 9.17) is 38.6 Å². The number of nitrogens with one attached hydrogen (secondary N) is 2. The van der Waals surface area contributed by atoms with Crippen molar-refractivity contribution in [3.05, 3.63) is 0 Å². The predicted octanol–water partition coefficient (Wildman–Crippen LogP) is -1.81. The van der Waals surface area contributed by atoms with Crippen molar-refractivity contribution >= 4 is 17.9 Å². The standard InChI is InChI=1S/C7H16N4O2.C5H12N2O2/c8-5(6(12)13)3-1-2-4-11-7(9)10;6-3-1-2-4(7)5(8)9/h5H,1-4,8H2,(H,12,13)(H4,9,10,11);4H,1-3,6-7H2,(H,8,9)/t5-;4-/m00/s1. The minimum Gasteiger partial charge on any atom is -0.480 e. The van der Waals surface area contributed by atoms with Gasteiger partial charge in [0.15, 0.2) is 5.96 Å². The van der Waals surface area contributed by atoms with Crippen LogP contribution in [0.4, 0.5) is 0 Å². The zero-order chi connectivity index (χ0) is 17.5. The number of carbonyl (C=O) groups is 2. The number of rotatable bonds is 10. The number of hydrogen-bond acceptors (Lipinski definition) is 6. The van der Waals surface area contributed by atoms with Crippen LogP contribution in [-0.2, 0) is 9.59 Å². The summed E-state index contributed by atoms with van der Waals surface area (Å²) in [6, 6.07) is -1.52. The second kappa shape index (κ2) is 14.0. The topological polar surface area (TPSA) is 215 Å². The summed E-state index contributed by atoms with van der Waals surface area (Å²) in [6.45, 7) is 1.09. The molecule has 0 aliphatic rings. The van der Waals surface area contributed by atoms with Crippen molar-refractivity contribution in [1.82, 2.24) is 5.32 Å². The quantitative estimate of drug-likeness (QED) is 0.129. The number of unbranched alkanes of at least 4 members (excludes halogenated alkanes) is 1. The molecule has 0 aromatic heterocycles. The number of nitrogens with two attached hydrogens (primary N) is 4. The van der Waals surface area contributed by atoms with Crippen molar-refractivity contribution in [1.29, 1.82) is 5.41 Å². The Morgan fingerprint density at radius 1 is 1.00 bits per heavy atom. The lowest BCUT2D eigenvalue weighted by Gasteiger charge is -2.06. The Labute approximate surface area is 129 Å². The molecule has 0 bridgehead atoms. The first-order chi connectivity index (χ1) is 10.2. The van der Waals surface area contributed by atoms with E-state index in [9.17, 15) is 9.59 Å². The first-order valence-corrected chi connectivity index (χ1v) is 6.97. The van der Waals surface area contributed by atoms with E-state index in [1.165, 1.54) is 0 Å². The van der Waals surface area contributed by atoms with Crippen LogP contribution in [0, 0.1) is 5.41 Å². The van der Waals surface area contributed by atoms with Gasteiger partial charge in [0.2, 0.25) is 0 Å². The fraction of sp³-hybridized carbons (Fsp3) is 0.750. The number of carboxylic acids is 2. The zero-order valence-corrected chi connectivity index (χ0v) is 12.6. The molecule has 0 aliphatic carbocycles. The molecule has 0 aromatic rings.